The molecule has 0 radical (unpaired) electrons. The van der Waals surface area contributed by atoms with E-state index in [2.05, 4.69) is 68.3 Å². The Kier molecular flexibility index (Phi) is 4.91. The van der Waals surface area contributed by atoms with Crippen LogP contribution in [0.4, 0.5) is 0 Å². The Hall–Kier alpha value is -1.67. The molecule has 0 saturated heterocycles. The summed E-state index contributed by atoms with van der Waals surface area (Å²) < 4.78 is 0. The second-order valence-electron chi connectivity index (χ2n) is 5.83. The Labute approximate surface area is 121 Å². The molecule has 0 aliphatic rings. The first-order valence-corrected chi connectivity index (χ1v) is 7.35. The number of nitrogens with zero attached hydrogens (tertiary/aromatic N) is 1. The van der Waals surface area contributed by atoms with Gasteiger partial charge in [-0.3, -0.25) is 4.98 Å². The zero-order chi connectivity index (χ0) is 14.5. The molecule has 2 heteroatoms. The van der Waals surface area contributed by atoms with Gasteiger partial charge in [-0.15, -0.1) is 0 Å². The van der Waals surface area contributed by atoms with E-state index in [1.54, 1.807) is 0 Å². The first-order valence-electron chi connectivity index (χ1n) is 7.35. The highest BCUT2D eigenvalue weighted by Crippen LogP contribution is 2.21. The minimum Gasteiger partial charge on any atom is -0.311 e. The number of aromatic nitrogens is 1. The summed E-state index contributed by atoms with van der Waals surface area (Å²) in [6.07, 6.45) is 4.15. The van der Waals surface area contributed by atoms with Crippen LogP contribution in [-0.4, -0.2) is 17.6 Å². The molecule has 0 amide bonds. The topological polar surface area (TPSA) is 24.9 Å². The summed E-state index contributed by atoms with van der Waals surface area (Å²) in [5.74, 6) is 0.528. The van der Waals surface area contributed by atoms with E-state index in [9.17, 15) is 0 Å². The summed E-state index contributed by atoms with van der Waals surface area (Å²) in [5.41, 5.74) is 3.70. The maximum atomic E-state index is 4.52. The lowest BCUT2D eigenvalue weighted by atomic mass is 9.98. The highest BCUT2D eigenvalue weighted by molar-refractivity contribution is 5.87. The van der Waals surface area contributed by atoms with Gasteiger partial charge < -0.3 is 5.32 Å². The van der Waals surface area contributed by atoms with Gasteiger partial charge in [0, 0.05) is 29.7 Å². The fraction of sp³-hybridized carbons (Fsp3) is 0.389. The van der Waals surface area contributed by atoms with Gasteiger partial charge in [0.15, 0.2) is 0 Å². The van der Waals surface area contributed by atoms with Crippen molar-refractivity contribution >= 4 is 17.0 Å². The second kappa shape index (κ2) is 6.67. The van der Waals surface area contributed by atoms with Crippen LogP contribution in [0.2, 0.25) is 0 Å². The van der Waals surface area contributed by atoms with Crippen LogP contribution in [0.1, 0.15) is 33.3 Å². The van der Waals surface area contributed by atoms with E-state index in [0.29, 0.717) is 12.0 Å². The van der Waals surface area contributed by atoms with Crippen molar-refractivity contribution in [3.8, 4) is 0 Å². The number of fused-ring (bicyclic) bond motifs is 1. The highest BCUT2D eigenvalue weighted by atomic mass is 14.9. The largest absolute Gasteiger partial charge is 0.311 e. The van der Waals surface area contributed by atoms with Gasteiger partial charge in [0.1, 0.15) is 0 Å². The van der Waals surface area contributed by atoms with Crippen LogP contribution in [0.15, 0.2) is 42.1 Å². The third-order valence-electron chi connectivity index (χ3n) is 3.46. The number of para-hydroxylation sites is 1. The third-order valence-corrected chi connectivity index (χ3v) is 3.46. The molecule has 106 valence electrons. The predicted molar refractivity (Wildman–Crippen MR) is 87.7 cm³/mol. The lowest BCUT2D eigenvalue weighted by Gasteiger charge is -2.15. The monoisotopic (exact) mass is 268 g/mol. The number of hydrogen-bond donors (Lipinski definition) is 1. The normalized spacial score (nSPS) is 12.6. The van der Waals surface area contributed by atoms with Crippen molar-refractivity contribution in [2.75, 3.05) is 6.54 Å². The zero-order valence-corrected chi connectivity index (χ0v) is 12.9. The van der Waals surface area contributed by atoms with Gasteiger partial charge in [0.25, 0.3) is 0 Å². The summed E-state index contributed by atoms with van der Waals surface area (Å²) in [6, 6.07) is 11.0. The van der Waals surface area contributed by atoms with E-state index in [1.807, 2.05) is 12.3 Å². The van der Waals surface area contributed by atoms with Gasteiger partial charge >= 0.3 is 0 Å². The zero-order valence-electron chi connectivity index (χ0n) is 12.9. The Morgan fingerprint density at radius 2 is 1.90 bits per heavy atom. The van der Waals surface area contributed by atoms with Crippen LogP contribution in [-0.2, 0) is 0 Å². The Balaban J connectivity index is 2.38. The molecular weight excluding hydrogens is 244 g/mol. The van der Waals surface area contributed by atoms with Crippen molar-refractivity contribution in [2.24, 2.45) is 5.92 Å². The van der Waals surface area contributed by atoms with Crippen LogP contribution in [0.3, 0.4) is 0 Å². The minimum absolute atomic E-state index is 0.503. The van der Waals surface area contributed by atoms with Gasteiger partial charge in [0.05, 0.1) is 5.52 Å². The van der Waals surface area contributed by atoms with Crippen molar-refractivity contribution < 1.29 is 0 Å². The highest BCUT2D eigenvalue weighted by Gasteiger charge is 2.06. The summed E-state index contributed by atoms with van der Waals surface area (Å²) in [5, 5.41) is 4.70. The van der Waals surface area contributed by atoms with Crippen LogP contribution in [0.25, 0.3) is 17.0 Å². The number of benzene rings is 1. The number of rotatable bonds is 5. The summed E-state index contributed by atoms with van der Waals surface area (Å²) in [4.78, 5) is 4.52. The Morgan fingerprint density at radius 3 is 2.60 bits per heavy atom. The fourth-order valence-electron chi connectivity index (χ4n) is 2.19. The molecule has 0 aliphatic carbocycles. The van der Waals surface area contributed by atoms with Crippen molar-refractivity contribution in [2.45, 2.75) is 33.7 Å². The number of nitrogens with one attached hydrogen (secondary N) is 1. The Bertz CT molecular complexity index is 592. The average Bonchev–Trinajstić information content (AvgIpc) is 2.43. The quantitative estimate of drug-likeness (QED) is 0.876. The standard InChI is InChI=1S/C18H24N2/c1-13(2)17(12-20-14(3)4)11-16-8-5-7-15-9-6-10-19-18(15)16/h5-11,13-14,20H,12H2,1-4H3. The van der Waals surface area contributed by atoms with Gasteiger partial charge in [-0.25, -0.2) is 0 Å². The van der Waals surface area contributed by atoms with Crippen LogP contribution in [0.5, 0.6) is 0 Å². The first-order chi connectivity index (χ1) is 9.58. The van der Waals surface area contributed by atoms with Crippen molar-refractivity contribution in [1.29, 1.82) is 0 Å². The molecule has 0 fully saturated rings. The maximum absolute atomic E-state index is 4.52. The summed E-state index contributed by atoms with van der Waals surface area (Å²) in [7, 11) is 0. The van der Waals surface area contributed by atoms with Crippen LogP contribution in [0, 0.1) is 5.92 Å². The molecule has 1 aromatic heterocycles. The van der Waals surface area contributed by atoms with E-state index in [1.165, 1.54) is 16.5 Å². The molecular formula is C18H24N2. The summed E-state index contributed by atoms with van der Waals surface area (Å²) >= 11 is 0. The molecule has 2 rings (SSSR count). The molecule has 1 heterocycles. The van der Waals surface area contributed by atoms with E-state index >= 15 is 0 Å². The molecule has 20 heavy (non-hydrogen) atoms. The maximum Gasteiger partial charge on any atom is 0.0774 e. The molecule has 1 aromatic carbocycles. The summed E-state index contributed by atoms with van der Waals surface area (Å²) in [6.45, 7) is 9.77. The van der Waals surface area contributed by atoms with Gasteiger partial charge in [-0.2, -0.15) is 0 Å². The molecule has 0 atom stereocenters. The lowest BCUT2D eigenvalue weighted by Crippen LogP contribution is -2.26. The van der Waals surface area contributed by atoms with Crippen LogP contribution < -0.4 is 5.32 Å². The van der Waals surface area contributed by atoms with Crippen LogP contribution >= 0.6 is 0 Å². The number of pyridine rings is 1. The minimum atomic E-state index is 0.503. The van der Waals surface area contributed by atoms with E-state index in [-0.39, 0.29) is 0 Å². The predicted octanol–water partition coefficient (Wildman–Crippen LogP) is 4.27. The molecule has 2 nitrogen and oxygen atoms in total. The van der Waals surface area contributed by atoms with E-state index in [0.717, 1.165) is 12.1 Å². The molecule has 0 bridgehead atoms. The average molecular weight is 268 g/mol. The van der Waals surface area contributed by atoms with Gasteiger partial charge in [-0.05, 0) is 12.0 Å². The molecule has 0 spiro atoms. The lowest BCUT2D eigenvalue weighted by molar-refractivity contribution is 0.593. The smallest absolute Gasteiger partial charge is 0.0774 e. The van der Waals surface area contributed by atoms with E-state index < -0.39 is 0 Å². The van der Waals surface area contributed by atoms with E-state index in [4.69, 9.17) is 0 Å². The molecule has 0 saturated carbocycles. The molecule has 2 aromatic rings. The van der Waals surface area contributed by atoms with Gasteiger partial charge in [0.2, 0.25) is 0 Å². The second-order valence-corrected chi connectivity index (χ2v) is 5.83. The molecule has 0 aliphatic heterocycles. The van der Waals surface area contributed by atoms with Crippen molar-refractivity contribution in [3.05, 3.63) is 47.7 Å². The SMILES string of the molecule is CC(C)NCC(=Cc1cccc2cccnc12)C(C)C. The third kappa shape index (κ3) is 3.67. The van der Waals surface area contributed by atoms with Crippen molar-refractivity contribution in [1.82, 2.24) is 10.3 Å². The Morgan fingerprint density at radius 1 is 1.15 bits per heavy atom. The molecule has 1 N–H and O–H groups in total. The van der Waals surface area contributed by atoms with Crippen molar-refractivity contribution in [3.63, 3.8) is 0 Å². The first kappa shape index (κ1) is 14.7. The number of hydrogen-bond acceptors (Lipinski definition) is 2. The molecule has 0 unspecified atom stereocenters. The van der Waals surface area contributed by atoms with Gasteiger partial charge in [-0.1, -0.05) is 63.6 Å². The fourth-order valence-corrected chi connectivity index (χ4v) is 2.19.